The van der Waals surface area contributed by atoms with Crippen LogP contribution in [0.15, 0.2) is 30.6 Å². The van der Waals surface area contributed by atoms with Gasteiger partial charge in [-0.05, 0) is 34.7 Å². The molecule has 0 atom stereocenters. The maximum absolute atomic E-state index is 13.3. The van der Waals surface area contributed by atoms with Gasteiger partial charge in [0, 0.05) is 12.3 Å². The van der Waals surface area contributed by atoms with Crippen LogP contribution in [-0.2, 0) is 11.3 Å². The van der Waals surface area contributed by atoms with Gasteiger partial charge in [0.2, 0.25) is 5.91 Å². The summed E-state index contributed by atoms with van der Waals surface area (Å²) in [7, 11) is 0. The van der Waals surface area contributed by atoms with Gasteiger partial charge >= 0.3 is 0 Å². The fourth-order valence-electron chi connectivity index (χ4n) is 1.35. The summed E-state index contributed by atoms with van der Waals surface area (Å²) in [6.45, 7) is -0.0566. The second-order valence-corrected chi connectivity index (χ2v) is 4.77. The Morgan fingerprint density at radius 3 is 2.89 bits per heavy atom. The largest absolute Gasteiger partial charge is 0.322 e. The monoisotopic (exact) mass is 363 g/mol. The number of hydrogen-bond donors (Lipinski definition) is 1. The minimum atomic E-state index is -0.681. The fraction of sp³-hybridized carbons (Fsp3) is 0.0909. The van der Waals surface area contributed by atoms with Crippen molar-refractivity contribution in [2.45, 2.75) is 6.54 Å². The maximum atomic E-state index is 13.3. The average molecular weight is 363 g/mol. The Bertz CT molecular complexity index is 585. The van der Waals surface area contributed by atoms with Crippen LogP contribution in [0.5, 0.6) is 0 Å². The van der Waals surface area contributed by atoms with Crippen LogP contribution in [0.2, 0.25) is 0 Å². The molecular formula is C11H8F2IN3O. The zero-order chi connectivity index (χ0) is 13.1. The van der Waals surface area contributed by atoms with Gasteiger partial charge in [-0.25, -0.2) is 8.78 Å². The van der Waals surface area contributed by atoms with Crippen molar-refractivity contribution < 1.29 is 13.6 Å². The molecule has 0 aliphatic rings. The third-order valence-corrected chi connectivity index (χ3v) is 2.67. The van der Waals surface area contributed by atoms with Crippen molar-refractivity contribution in [3.8, 4) is 0 Å². The van der Waals surface area contributed by atoms with Gasteiger partial charge in [-0.1, -0.05) is 0 Å². The highest BCUT2D eigenvalue weighted by atomic mass is 127. The van der Waals surface area contributed by atoms with E-state index >= 15 is 0 Å². The summed E-state index contributed by atoms with van der Waals surface area (Å²) >= 11 is 2.06. The second-order valence-electron chi connectivity index (χ2n) is 3.53. The Balaban J connectivity index is 2.05. The van der Waals surface area contributed by atoms with Crippen molar-refractivity contribution in [3.05, 3.63) is 45.8 Å². The first kappa shape index (κ1) is 12.9. The molecule has 2 rings (SSSR count). The topological polar surface area (TPSA) is 46.9 Å². The van der Waals surface area contributed by atoms with E-state index in [0.29, 0.717) is 0 Å². The van der Waals surface area contributed by atoms with Gasteiger partial charge in [-0.15, -0.1) is 0 Å². The summed E-state index contributed by atoms with van der Waals surface area (Å²) in [5.41, 5.74) is -0.179. The molecule has 0 unspecified atom stereocenters. The van der Waals surface area contributed by atoms with Gasteiger partial charge in [0.1, 0.15) is 18.2 Å². The van der Waals surface area contributed by atoms with E-state index < -0.39 is 17.5 Å². The number of halogens is 3. The lowest BCUT2D eigenvalue weighted by molar-refractivity contribution is -0.116. The highest BCUT2D eigenvalue weighted by molar-refractivity contribution is 14.1. The lowest BCUT2D eigenvalue weighted by atomic mass is 10.3. The van der Waals surface area contributed by atoms with Crippen molar-refractivity contribution in [3.63, 3.8) is 0 Å². The molecule has 0 aliphatic heterocycles. The zero-order valence-corrected chi connectivity index (χ0v) is 11.2. The third kappa shape index (κ3) is 3.25. The lowest BCUT2D eigenvalue weighted by Gasteiger charge is -2.06. The predicted octanol–water partition coefficient (Wildman–Crippen LogP) is 2.40. The normalized spacial score (nSPS) is 10.4. The molecule has 1 heterocycles. The van der Waals surface area contributed by atoms with E-state index in [4.69, 9.17) is 0 Å². The Morgan fingerprint density at radius 2 is 2.22 bits per heavy atom. The molecule has 0 radical (unpaired) electrons. The molecule has 0 saturated heterocycles. The lowest BCUT2D eigenvalue weighted by Crippen LogP contribution is -2.19. The Morgan fingerprint density at radius 1 is 1.44 bits per heavy atom. The van der Waals surface area contributed by atoms with E-state index in [1.165, 1.54) is 4.68 Å². The number of anilines is 1. The number of benzene rings is 1. The van der Waals surface area contributed by atoms with Crippen LogP contribution in [0.4, 0.5) is 14.5 Å². The molecule has 4 nitrogen and oxygen atoms in total. The summed E-state index contributed by atoms with van der Waals surface area (Å²) in [5, 5.41) is 6.21. The molecule has 0 saturated carbocycles. The van der Waals surface area contributed by atoms with Gasteiger partial charge in [-0.3, -0.25) is 9.48 Å². The van der Waals surface area contributed by atoms with Crippen LogP contribution >= 0.6 is 22.6 Å². The van der Waals surface area contributed by atoms with Crippen LogP contribution in [-0.4, -0.2) is 15.7 Å². The van der Waals surface area contributed by atoms with Crippen LogP contribution in [0, 0.1) is 15.2 Å². The number of nitrogens with zero attached hydrogens (tertiary/aromatic N) is 2. The average Bonchev–Trinajstić information content (AvgIpc) is 2.69. The van der Waals surface area contributed by atoms with Crippen molar-refractivity contribution in [1.29, 1.82) is 0 Å². The van der Waals surface area contributed by atoms with Crippen molar-refractivity contribution in [1.82, 2.24) is 9.78 Å². The van der Waals surface area contributed by atoms with Crippen LogP contribution in [0.3, 0.4) is 0 Å². The first-order valence-electron chi connectivity index (χ1n) is 4.97. The molecule has 1 amide bonds. The second kappa shape index (κ2) is 5.42. The summed E-state index contributed by atoms with van der Waals surface area (Å²) in [6.07, 6.45) is 3.26. The maximum Gasteiger partial charge on any atom is 0.246 e. The highest BCUT2D eigenvalue weighted by Gasteiger charge is 2.09. The predicted molar refractivity (Wildman–Crippen MR) is 69.9 cm³/mol. The number of carbonyl (C=O) groups excluding carboxylic acids is 1. The number of hydrogen-bond acceptors (Lipinski definition) is 2. The standard InChI is InChI=1S/C11H8F2IN3O/c12-7-1-2-9(13)10(3-7)16-11(18)6-17-5-8(14)4-15-17/h1-5H,6H2,(H,16,18). The number of amides is 1. The van der Waals surface area contributed by atoms with Gasteiger partial charge in [0.25, 0.3) is 0 Å². The van der Waals surface area contributed by atoms with Crippen LogP contribution in [0.1, 0.15) is 0 Å². The Hall–Kier alpha value is -1.51. The number of carbonyl (C=O) groups is 1. The molecule has 0 spiro atoms. The van der Waals surface area contributed by atoms with Gasteiger partial charge in [-0.2, -0.15) is 5.10 Å². The zero-order valence-electron chi connectivity index (χ0n) is 9.03. The molecule has 1 aromatic heterocycles. The first-order valence-corrected chi connectivity index (χ1v) is 6.05. The van der Waals surface area contributed by atoms with Crippen molar-refractivity contribution in [2.24, 2.45) is 0 Å². The van der Waals surface area contributed by atoms with E-state index in [1.54, 1.807) is 12.4 Å². The van der Waals surface area contributed by atoms with Crippen LogP contribution in [0.25, 0.3) is 0 Å². The van der Waals surface area contributed by atoms with E-state index in [0.717, 1.165) is 21.8 Å². The first-order chi connectivity index (χ1) is 8.54. The molecule has 94 valence electrons. The molecule has 0 bridgehead atoms. The molecule has 1 N–H and O–H groups in total. The third-order valence-electron chi connectivity index (χ3n) is 2.11. The molecule has 18 heavy (non-hydrogen) atoms. The number of nitrogens with one attached hydrogen (secondary N) is 1. The smallest absolute Gasteiger partial charge is 0.246 e. The SMILES string of the molecule is O=C(Cn1cc(I)cn1)Nc1cc(F)ccc1F. The summed E-state index contributed by atoms with van der Waals surface area (Å²) in [4.78, 5) is 11.6. The van der Waals surface area contributed by atoms with Crippen LogP contribution < -0.4 is 5.32 Å². The fourth-order valence-corrected chi connectivity index (χ4v) is 1.80. The molecule has 0 fully saturated rings. The summed E-state index contributed by atoms with van der Waals surface area (Å²) < 4.78 is 28.5. The van der Waals surface area contributed by atoms with Gasteiger partial charge in [0.05, 0.1) is 15.5 Å². The molecule has 0 aliphatic carbocycles. The van der Waals surface area contributed by atoms with Crippen molar-refractivity contribution in [2.75, 3.05) is 5.32 Å². The number of rotatable bonds is 3. The summed E-state index contributed by atoms with van der Waals surface area (Å²) in [6, 6.07) is 2.88. The van der Waals surface area contributed by atoms with E-state index in [1.807, 2.05) is 0 Å². The van der Waals surface area contributed by atoms with E-state index in [2.05, 4.69) is 33.0 Å². The highest BCUT2D eigenvalue weighted by Crippen LogP contribution is 2.15. The molecule has 1 aromatic carbocycles. The number of aromatic nitrogens is 2. The Labute approximate surface area is 115 Å². The molecule has 7 heteroatoms. The van der Waals surface area contributed by atoms with Gasteiger partial charge in [0.15, 0.2) is 0 Å². The summed E-state index contributed by atoms with van der Waals surface area (Å²) in [5.74, 6) is -1.76. The molecular weight excluding hydrogens is 355 g/mol. The van der Waals surface area contributed by atoms with Crippen molar-refractivity contribution >= 4 is 34.2 Å². The minimum Gasteiger partial charge on any atom is -0.322 e. The Kier molecular flexibility index (Phi) is 3.90. The molecule has 2 aromatic rings. The van der Waals surface area contributed by atoms with Gasteiger partial charge < -0.3 is 5.32 Å². The quantitative estimate of drug-likeness (QED) is 0.852. The van der Waals surface area contributed by atoms with E-state index in [9.17, 15) is 13.6 Å². The minimum absolute atomic E-state index is 0.0566. The van der Waals surface area contributed by atoms with E-state index in [-0.39, 0.29) is 12.2 Å².